The van der Waals surface area contributed by atoms with Crippen molar-refractivity contribution >= 4 is 18.0 Å². The number of amides is 3. The van der Waals surface area contributed by atoms with Gasteiger partial charge in [-0.15, -0.1) is 0 Å². The van der Waals surface area contributed by atoms with Gasteiger partial charge in [0.2, 0.25) is 0 Å². The summed E-state index contributed by atoms with van der Waals surface area (Å²) in [6.45, 7) is 0. The van der Waals surface area contributed by atoms with Crippen molar-refractivity contribution in [3.8, 4) is 0 Å². The number of aliphatic hydroxyl groups is 1. The quantitative estimate of drug-likeness (QED) is 0.374. The van der Waals surface area contributed by atoms with Crippen molar-refractivity contribution in [1.82, 2.24) is 15.5 Å². The number of likely N-dealkylation sites (N-methyl/N-ethyl adjacent to an activating group) is 1. The molecule has 2 aliphatic rings. The standard InChI is InChI=1S/C6H8N4O4/c1-10-3(11)6(14)2(8-5(10)13)7-4(12)9-6/h2,14H,1H3,(H,8,13)(H2,7,9,12)/p-1. The number of fused-ring (bicyclic) bond motifs is 1. The maximum absolute atomic E-state index is 11.4. The molecule has 2 heterocycles. The highest BCUT2D eigenvalue weighted by Gasteiger charge is 2.54. The van der Waals surface area contributed by atoms with Gasteiger partial charge in [-0.25, -0.2) is 4.79 Å². The zero-order valence-electron chi connectivity index (χ0n) is 7.14. The number of amidine groups is 1. The molecule has 2 rings (SSSR count). The average molecular weight is 199 g/mol. The van der Waals surface area contributed by atoms with E-state index < -0.39 is 29.9 Å². The van der Waals surface area contributed by atoms with Crippen LogP contribution >= 0.6 is 0 Å². The number of rotatable bonds is 0. The van der Waals surface area contributed by atoms with Crippen molar-refractivity contribution < 1.29 is 19.8 Å². The lowest BCUT2D eigenvalue weighted by atomic mass is 10.1. The number of imide groups is 1. The van der Waals surface area contributed by atoms with Crippen LogP contribution in [-0.4, -0.2) is 46.9 Å². The van der Waals surface area contributed by atoms with E-state index in [4.69, 9.17) is 0 Å². The van der Waals surface area contributed by atoms with Gasteiger partial charge >= 0.3 is 6.03 Å². The fourth-order valence-corrected chi connectivity index (χ4v) is 1.34. The van der Waals surface area contributed by atoms with E-state index in [1.165, 1.54) is 7.05 Å². The van der Waals surface area contributed by atoms with E-state index in [0.29, 0.717) is 4.90 Å². The minimum Gasteiger partial charge on any atom is -0.846 e. The third-order valence-electron chi connectivity index (χ3n) is 2.14. The predicted molar refractivity (Wildman–Crippen MR) is 40.6 cm³/mol. The van der Waals surface area contributed by atoms with Gasteiger partial charge in [-0.1, -0.05) is 0 Å². The molecule has 2 aliphatic heterocycles. The van der Waals surface area contributed by atoms with Crippen molar-refractivity contribution in [3.05, 3.63) is 0 Å². The van der Waals surface area contributed by atoms with Crippen LogP contribution in [0.3, 0.4) is 0 Å². The predicted octanol–water partition coefficient (Wildman–Crippen LogP) is -3.50. The molecule has 1 saturated heterocycles. The minimum absolute atomic E-state index is 0.678. The highest BCUT2D eigenvalue weighted by molar-refractivity contribution is 6.04. The van der Waals surface area contributed by atoms with Gasteiger partial charge in [0.15, 0.2) is 6.17 Å². The zero-order chi connectivity index (χ0) is 10.5. The summed E-state index contributed by atoms with van der Waals surface area (Å²) in [7, 11) is 1.19. The summed E-state index contributed by atoms with van der Waals surface area (Å²) in [5.41, 5.74) is -2.14. The van der Waals surface area contributed by atoms with E-state index in [1.807, 2.05) is 5.32 Å². The molecule has 8 heteroatoms. The Balaban J connectivity index is 2.38. The minimum atomic E-state index is -2.14. The van der Waals surface area contributed by atoms with Gasteiger partial charge in [0, 0.05) is 7.05 Å². The third kappa shape index (κ3) is 0.880. The first kappa shape index (κ1) is 8.75. The van der Waals surface area contributed by atoms with E-state index >= 15 is 0 Å². The SMILES string of the molecule is CN1C(=O)NC2N=C([O-])NC2(O)C1=O. The van der Waals surface area contributed by atoms with Crippen LogP contribution < -0.4 is 15.7 Å². The second kappa shape index (κ2) is 2.35. The van der Waals surface area contributed by atoms with E-state index in [0.717, 1.165) is 0 Å². The Hall–Kier alpha value is -1.83. The molecule has 2 unspecified atom stereocenters. The van der Waals surface area contributed by atoms with Crippen molar-refractivity contribution in [1.29, 1.82) is 0 Å². The Kier molecular flexibility index (Phi) is 1.47. The molecular weight excluding hydrogens is 192 g/mol. The number of nitrogens with one attached hydrogen (secondary N) is 2. The highest BCUT2D eigenvalue weighted by atomic mass is 16.4. The lowest BCUT2D eigenvalue weighted by molar-refractivity contribution is -0.224. The summed E-state index contributed by atoms with van der Waals surface area (Å²) in [6, 6.07) is -1.54. The van der Waals surface area contributed by atoms with Crippen LogP contribution in [0.25, 0.3) is 0 Å². The first-order valence-electron chi connectivity index (χ1n) is 3.79. The van der Waals surface area contributed by atoms with Crippen molar-refractivity contribution in [2.75, 3.05) is 7.05 Å². The summed E-state index contributed by atoms with van der Waals surface area (Å²) in [5.74, 6) is -0.902. The maximum Gasteiger partial charge on any atom is 0.325 e. The van der Waals surface area contributed by atoms with Crippen LogP contribution in [0.4, 0.5) is 4.79 Å². The van der Waals surface area contributed by atoms with Crippen molar-refractivity contribution in [2.24, 2.45) is 4.99 Å². The number of aliphatic imine (C=N–C) groups is 1. The molecule has 2 atom stereocenters. The topological polar surface area (TPSA) is 117 Å². The molecule has 0 aliphatic carbocycles. The van der Waals surface area contributed by atoms with Gasteiger partial charge in [0.05, 0.1) is 6.02 Å². The number of nitrogens with zero attached hydrogens (tertiary/aromatic N) is 2. The fraction of sp³-hybridized carbons (Fsp3) is 0.500. The maximum atomic E-state index is 11.4. The summed E-state index contributed by atoms with van der Waals surface area (Å²) >= 11 is 0. The first-order valence-corrected chi connectivity index (χ1v) is 3.79. The van der Waals surface area contributed by atoms with Crippen LogP contribution in [-0.2, 0) is 4.79 Å². The Labute approximate surface area is 78.2 Å². The van der Waals surface area contributed by atoms with Crippen LogP contribution in [0.1, 0.15) is 0 Å². The molecule has 3 N–H and O–H groups in total. The van der Waals surface area contributed by atoms with Crippen LogP contribution in [0.5, 0.6) is 0 Å². The summed E-state index contributed by atoms with van der Waals surface area (Å²) in [5, 5.41) is 24.7. The van der Waals surface area contributed by atoms with Crippen molar-refractivity contribution in [2.45, 2.75) is 11.9 Å². The molecule has 0 aromatic heterocycles. The fourth-order valence-electron chi connectivity index (χ4n) is 1.34. The highest BCUT2D eigenvalue weighted by Crippen LogP contribution is 2.20. The molecule has 0 aromatic rings. The number of carbonyl (C=O) groups excluding carboxylic acids is 2. The van der Waals surface area contributed by atoms with Crippen LogP contribution in [0.15, 0.2) is 4.99 Å². The van der Waals surface area contributed by atoms with E-state index in [2.05, 4.69) is 10.3 Å². The molecule has 0 spiro atoms. The summed E-state index contributed by atoms with van der Waals surface area (Å²) in [4.78, 5) is 26.5. The Bertz CT molecular complexity index is 354. The molecule has 14 heavy (non-hydrogen) atoms. The molecule has 0 aromatic carbocycles. The van der Waals surface area contributed by atoms with Gasteiger partial charge in [0.1, 0.15) is 0 Å². The number of urea groups is 1. The van der Waals surface area contributed by atoms with Gasteiger partial charge in [0.25, 0.3) is 11.6 Å². The average Bonchev–Trinajstić information content (AvgIpc) is 2.39. The van der Waals surface area contributed by atoms with E-state index in [1.54, 1.807) is 0 Å². The molecule has 0 saturated carbocycles. The van der Waals surface area contributed by atoms with Gasteiger partial charge in [-0.2, -0.15) is 0 Å². The van der Waals surface area contributed by atoms with Gasteiger partial charge in [-0.3, -0.25) is 14.7 Å². The Morgan fingerprint density at radius 3 is 2.93 bits per heavy atom. The molecule has 76 valence electrons. The third-order valence-corrected chi connectivity index (χ3v) is 2.14. The summed E-state index contributed by atoms with van der Waals surface area (Å²) < 4.78 is 0. The zero-order valence-corrected chi connectivity index (χ0v) is 7.14. The lowest BCUT2D eigenvalue weighted by Gasteiger charge is -2.36. The van der Waals surface area contributed by atoms with Gasteiger partial charge < -0.3 is 20.8 Å². The molecule has 3 amide bonds. The normalized spacial score (nSPS) is 36.0. The van der Waals surface area contributed by atoms with E-state index in [-0.39, 0.29) is 0 Å². The molecular formula is C6H7N4O4-. The van der Waals surface area contributed by atoms with Crippen LogP contribution in [0.2, 0.25) is 0 Å². The summed E-state index contributed by atoms with van der Waals surface area (Å²) in [6.07, 6.45) is -1.24. The number of hydrogen-bond acceptors (Lipinski definition) is 6. The van der Waals surface area contributed by atoms with Gasteiger partial charge in [-0.05, 0) is 0 Å². The monoisotopic (exact) mass is 199 g/mol. The number of hydrogen-bond donors (Lipinski definition) is 3. The molecule has 0 bridgehead atoms. The Morgan fingerprint density at radius 1 is 1.64 bits per heavy atom. The largest absolute Gasteiger partial charge is 0.846 e. The molecule has 1 fully saturated rings. The van der Waals surface area contributed by atoms with Crippen molar-refractivity contribution in [3.63, 3.8) is 0 Å². The Morgan fingerprint density at radius 2 is 2.29 bits per heavy atom. The molecule has 8 nitrogen and oxygen atoms in total. The van der Waals surface area contributed by atoms with Crippen LogP contribution in [0, 0.1) is 0 Å². The smallest absolute Gasteiger partial charge is 0.325 e. The second-order valence-corrected chi connectivity index (χ2v) is 3.04. The number of carbonyl (C=O) groups is 2. The first-order chi connectivity index (χ1) is 6.45. The second-order valence-electron chi connectivity index (χ2n) is 3.04. The lowest BCUT2D eigenvalue weighted by Crippen LogP contribution is -2.72. The van der Waals surface area contributed by atoms with E-state index in [9.17, 15) is 19.8 Å². The molecule has 0 radical (unpaired) electrons.